The fourth-order valence-electron chi connectivity index (χ4n) is 5.34. The van der Waals surface area contributed by atoms with Gasteiger partial charge in [0, 0.05) is 42.1 Å². The first-order chi connectivity index (χ1) is 13.7. The quantitative estimate of drug-likeness (QED) is 0.764. The largest absolute Gasteiger partial charge is 0.329 e. The molecule has 2 amide bonds. The van der Waals surface area contributed by atoms with Crippen molar-refractivity contribution in [2.24, 2.45) is 0 Å². The Morgan fingerprint density at radius 3 is 2.64 bits per heavy atom. The minimum absolute atomic E-state index is 0.178. The zero-order chi connectivity index (χ0) is 19.3. The maximum absolute atomic E-state index is 13.1. The van der Waals surface area contributed by atoms with Gasteiger partial charge in [0.25, 0.3) is 0 Å². The number of amides is 2. The van der Waals surface area contributed by atoms with Gasteiger partial charge in [-0.1, -0.05) is 19.1 Å². The number of hydrogen-bond acceptors (Lipinski definition) is 4. The molecule has 3 aliphatic heterocycles. The van der Waals surface area contributed by atoms with E-state index in [0.29, 0.717) is 13.1 Å². The van der Waals surface area contributed by atoms with Crippen LogP contribution in [0.15, 0.2) is 0 Å². The van der Waals surface area contributed by atoms with E-state index >= 15 is 0 Å². The summed E-state index contributed by atoms with van der Waals surface area (Å²) in [4.78, 5) is 33.7. The summed E-state index contributed by atoms with van der Waals surface area (Å²) in [7, 11) is 0. The van der Waals surface area contributed by atoms with E-state index in [0.717, 1.165) is 58.2 Å². The molecule has 6 heteroatoms. The lowest BCUT2D eigenvalue weighted by atomic mass is 9.94. The molecule has 3 fully saturated rings. The van der Waals surface area contributed by atoms with Gasteiger partial charge in [0.2, 0.25) is 11.8 Å². The zero-order valence-corrected chi connectivity index (χ0v) is 17.5. The van der Waals surface area contributed by atoms with Crippen molar-refractivity contribution < 1.29 is 9.59 Å². The van der Waals surface area contributed by atoms with Gasteiger partial charge in [-0.05, 0) is 49.3 Å². The number of thiophene rings is 1. The predicted molar refractivity (Wildman–Crippen MR) is 111 cm³/mol. The van der Waals surface area contributed by atoms with E-state index in [1.165, 1.54) is 20.2 Å². The monoisotopic (exact) mass is 399 g/mol. The van der Waals surface area contributed by atoms with Crippen molar-refractivity contribution in [1.29, 1.82) is 0 Å². The van der Waals surface area contributed by atoms with Crippen molar-refractivity contribution in [3.63, 3.8) is 0 Å². The van der Waals surface area contributed by atoms with E-state index in [2.05, 4.69) is 24.0 Å². The van der Waals surface area contributed by atoms with Gasteiger partial charge in [-0.15, -0.1) is 11.3 Å². The Kier molecular flexibility index (Phi) is 4.79. The van der Waals surface area contributed by atoms with Gasteiger partial charge in [-0.2, -0.15) is 0 Å². The van der Waals surface area contributed by atoms with E-state index in [1.807, 2.05) is 21.1 Å². The van der Waals surface area contributed by atoms with Gasteiger partial charge in [-0.25, -0.2) is 0 Å². The fraction of sp³-hybridized carbons (Fsp3) is 0.636. The Labute approximate surface area is 170 Å². The number of carbonyl (C=O) groups is 2. The lowest BCUT2D eigenvalue weighted by Crippen LogP contribution is -2.70. The summed E-state index contributed by atoms with van der Waals surface area (Å²) in [6.07, 6.45) is 11.0. The third-order valence-corrected chi connectivity index (χ3v) is 8.20. The summed E-state index contributed by atoms with van der Waals surface area (Å²) in [5.74, 6) is 0.367. The number of carbonyl (C=O) groups excluding carboxylic acids is 2. The number of piperidine rings is 1. The number of nitrogens with zero attached hydrogens (tertiary/aromatic N) is 3. The molecular weight excluding hydrogens is 370 g/mol. The number of rotatable bonds is 3. The highest BCUT2D eigenvalue weighted by Crippen LogP contribution is 2.28. The van der Waals surface area contributed by atoms with Gasteiger partial charge in [0.15, 0.2) is 0 Å². The van der Waals surface area contributed by atoms with Crippen LogP contribution in [0.5, 0.6) is 0 Å². The molecule has 5 rings (SSSR count). The average Bonchev–Trinajstić information content (AvgIpc) is 3.09. The summed E-state index contributed by atoms with van der Waals surface area (Å²) >= 11 is 1.94. The van der Waals surface area contributed by atoms with Crippen LogP contribution in [0.25, 0.3) is 12.2 Å². The highest BCUT2D eigenvalue weighted by atomic mass is 32.1. The van der Waals surface area contributed by atoms with E-state index < -0.39 is 0 Å². The Bertz CT molecular complexity index is 921. The summed E-state index contributed by atoms with van der Waals surface area (Å²) in [5.41, 5.74) is 1.46. The molecule has 1 aromatic heterocycles. The summed E-state index contributed by atoms with van der Waals surface area (Å²) < 4.78 is 1.43. The van der Waals surface area contributed by atoms with Crippen LogP contribution in [0.1, 0.15) is 49.5 Å². The van der Waals surface area contributed by atoms with Gasteiger partial charge < -0.3 is 9.80 Å². The van der Waals surface area contributed by atoms with Crippen LogP contribution in [0.3, 0.4) is 0 Å². The highest BCUT2D eigenvalue weighted by molar-refractivity contribution is 7.10. The number of hydrogen-bond donors (Lipinski definition) is 0. The van der Waals surface area contributed by atoms with Crippen LogP contribution in [0, 0.1) is 0 Å². The number of aryl methyl sites for hydroxylation is 1. The van der Waals surface area contributed by atoms with Crippen molar-refractivity contribution in [2.75, 3.05) is 26.2 Å². The van der Waals surface area contributed by atoms with Crippen molar-refractivity contribution >= 4 is 35.3 Å². The summed E-state index contributed by atoms with van der Waals surface area (Å²) in [6, 6.07) is -0.476. The standard InChI is InChI=1S/C22H29N3O2S/c1-2-19-16(15-7-3-4-9-20(15)28-19)13-23-11-12-25-18(14-23)22(27)24-10-6-5-8-17(24)21(25)26/h7,9,17-18H,2-6,8,10-14H2,1H3. The first-order valence-electron chi connectivity index (χ1n) is 10.8. The van der Waals surface area contributed by atoms with Gasteiger partial charge in [0.1, 0.15) is 12.1 Å². The van der Waals surface area contributed by atoms with Crippen LogP contribution < -0.4 is 9.75 Å². The summed E-state index contributed by atoms with van der Waals surface area (Å²) in [5, 5.41) is 1.43. The third kappa shape index (κ3) is 2.92. The average molecular weight is 400 g/mol. The Balaban J connectivity index is 1.39. The minimum atomic E-state index is -0.286. The molecule has 28 heavy (non-hydrogen) atoms. The molecule has 0 N–H and O–H groups in total. The van der Waals surface area contributed by atoms with E-state index in [9.17, 15) is 9.59 Å². The molecule has 0 saturated carbocycles. The molecule has 1 aromatic rings. The Hall–Kier alpha value is -1.66. The SMILES string of the molecule is CCc1sc2c(c1CN1CCN3C(=O)C4CCCCN4C(=O)C3C1)=CCCC=2. The van der Waals surface area contributed by atoms with Gasteiger partial charge in [-0.3, -0.25) is 14.5 Å². The molecule has 4 heterocycles. The second-order valence-electron chi connectivity index (χ2n) is 8.45. The molecule has 0 aromatic carbocycles. The first kappa shape index (κ1) is 18.4. The molecule has 4 aliphatic rings. The Morgan fingerprint density at radius 1 is 1.00 bits per heavy atom. The molecule has 1 aliphatic carbocycles. The van der Waals surface area contributed by atoms with E-state index in [1.54, 1.807) is 0 Å². The Morgan fingerprint density at radius 2 is 1.79 bits per heavy atom. The van der Waals surface area contributed by atoms with Crippen LogP contribution >= 0.6 is 11.3 Å². The lowest BCUT2D eigenvalue weighted by Gasteiger charge is -2.50. The maximum Gasteiger partial charge on any atom is 0.247 e. The second-order valence-corrected chi connectivity index (χ2v) is 9.58. The first-order valence-corrected chi connectivity index (χ1v) is 11.6. The molecule has 5 nitrogen and oxygen atoms in total. The van der Waals surface area contributed by atoms with Gasteiger partial charge in [0.05, 0.1) is 0 Å². The molecule has 2 unspecified atom stereocenters. The normalized spacial score (nSPS) is 27.6. The third-order valence-electron chi connectivity index (χ3n) is 6.81. The van der Waals surface area contributed by atoms with Crippen molar-refractivity contribution in [3.8, 4) is 0 Å². The van der Waals surface area contributed by atoms with Crippen LogP contribution in [-0.4, -0.2) is 64.8 Å². The molecule has 0 spiro atoms. The van der Waals surface area contributed by atoms with Crippen molar-refractivity contribution in [3.05, 3.63) is 20.2 Å². The highest BCUT2D eigenvalue weighted by Gasteiger charge is 2.48. The molecule has 150 valence electrons. The van der Waals surface area contributed by atoms with Crippen molar-refractivity contribution in [2.45, 2.75) is 64.1 Å². The maximum atomic E-state index is 13.1. The molecule has 0 radical (unpaired) electrons. The zero-order valence-electron chi connectivity index (χ0n) is 16.7. The van der Waals surface area contributed by atoms with Crippen LogP contribution in [0.2, 0.25) is 0 Å². The van der Waals surface area contributed by atoms with E-state index in [-0.39, 0.29) is 23.9 Å². The number of piperazine rings is 2. The molecule has 3 saturated heterocycles. The molecular formula is C22H29N3O2S. The van der Waals surface area contributed by atoms with Gasteiger partial charge >= 0.3 is 0 Å². The minimum Gasteiger partial charge on any atom is -0.329 e. The van der Waals surface area contributed by atoms with E-state index in [4.69, 9.17) is 0 Å². The smallest absolute Gasteiger partial charge is 0.247 e. The fourth-order valence-corrected chi connectivity index (χ4v) is 6.57. The predicted octanol–water partition coefficient (Wildman–Crippen LogP) is 1.07. The topological polar surface area (TPSA) is 43.9 Å². The van der Waals surface area contributed by atoms with Crippen LogP contribution in [0.4, 0.5) is 0 Å². The lowest BCUT2D eigenvalue weighted by molar-refractivity contribution is -0.167. The molecule has 0 bridgehead atoms. The van der Waals surface area contributed by atoms with Crippen LogP contribution in [-0.2, 0) is 22.6 Å². The number of fused-ring (bicyclic) bond motifs is 3. The summed E-state index contributed by atoms with van der Waals surface area (Å²) in [6.45, 7) is 6.10. The second kappa shape index (κ2) is 7.30. The van der Waals surface area contributed by atoms with Crippen molar-refractivity contribution in [1.82, 2.24) is 14.7 Å². The molecule has 2 atom stereocenters.